The third-order valence-corrected chi connectivity index (χ3v) is 3.62. The maximum atomic E-state index is 5.74. The maximum Gasteiger partial charge on any atom is 0.241 e. The Kier molecular flexibility index (Phi) is 4.88. The summed E-state index contributed by atoms with van der Waals surface area (Å²) in [4.78, 5) is 11.0. The number of hydrogen-bond acceptors (Lipinski definition) is 7. The zero-order chi connectivity index (χ0) is 16.2. The van der Waals surface area contributed by atoms with Crippen LogP contribution in [0.1, 0.15) is 26.7 Å². The second-order valence-electron chi connectivity index (χ2n) is 5.75. The van der Waals surface area contributed by atoms with E-state index in [2.05, 4.69) is 33.9 Å². The molecule has 0 aliphatic carbocycles. The van der Waals surface area contributed by atoms with Crippen LogP contribution >= 0.6 is 0 Å². The van der Waals surface area contributed by atoms with Crippen molar-refractivity contribution in [3.8, 4) is 17.3 Å². The first-order valence-corrected chi connectivity index (χ1v) is 7.94. The number of pyridine rings is 1. The highest BCUT2D eigenvalue weighted by molar-refractivity contribution is 5.60. The first kappa shape index (κ1) is 15.9. The van der Waals surface area contributed by atoms with Gasteiger partial charge in [-0.25, -0.2) is 4.98 Å². The third-order valence-electron chi connectivity index (χ3n) is 3.62. The fourth-order valence-corrected chi connectivity index (χ4v) is 2.85. The molecule has 2 aromatic heterocycles. The van der Waals surface area contributed by atoms with Gasteiger partial charge in [-0.15, -0.1) is 0 Å². The van der Waals surface area contributed by atoms with Gasteiger partial charge in [-0.05, 0) is 32.9 Å². The van der Waals surface area contributed by atoms with E-state index in [1.807, 2.05) is 19.1 Å². The number of rotatable bonds is 5. The summed E-state index contributed by atoms with van der Waals surface area (Å²) in [5.74, 6) is 1.62. The third kappa shape index (κ3) is 3.86. The summed E-state index contributed by atoms with van der Waals surface area (Å²) in [6.07, 6.45) is 2.11. The average Bonchev–Trinajstić information content (AvgIpc) is 2.95. The Morgan fingerprint density at radius 1 is 1.30 bits per heavy atom. The Labute approximate surface area is 135 Å². The maximum absolute atomic E-state index is 5.74. The van der Waals surface area contributed by atoms with Crippen LogP contribution < -0.4 is 4.74 Å². The molecular weight excluding hydrogens is 296 g/mol. The van der Waals surface area contributed by atoms with E-state index in [4.69, 9.17) is 14.0 Å². The van der Waals surface area contributed by atoms with Crippen LogP contribution in [-0.2, 0) is 11.3 Å². The van der Waals surface area contributed by atoms with E-state index in [9.17, 15) is 0 Å². The quantitative estimate of drug-likeness (QED) is 0.836. The van der Waals surface area contributed by atoms with Crippen LogP contribution in [0, 0.1) is 0 Å². The van der Waals surface area contributed by atoms with Crippen molar-refractivity contribution >= 4 is 0 Å². The molecule has 3 rings (SSSR count). The topological polar surface area (TPSA) is 73.5 Å². The highest BCUT2D eigenvalue weighted by atomic mass is 16.5. The summed E-state index contributed by atoms with van der Waals surface area (Å²) in [5.41, 5.74) is 0.744. The van der Waals surface area contributed by atoms with Crippen LogP contribution in [0.2, 0.25) is 0 Å². The van der Waals surface area contributed by atoms with Gasteiger partial charge in [-0.1, -0.05) is 5.16 Å². The van der Waals surface area contributed by atoms with E-state index in [1.165, 1.54) is 0 Å². The van der Waals surface area contributed by atoms with Crippen molar-refractivity contribution in [1.82, 2.24) is 20.0 Å². The van der Waals surface area contributed by atoms with Crippen LogP contribution in [0.3, 0.4) is 0 Å². The van der Waals surface area contributed by atoms with Crippen LogP contribution in [0.25, 0.3) is 11.4 Å². The van der Waals surface area contributed by atoms with Gasteiger partial charge >= 0.3 is 0 Å². The van der Waals surface area contributed by atoms with Gasteiger partial charge in [-0.2, -0.15) is 4.98 Å². The van der Waals surface area contributed by atoms with Gasteiger partial charge in [0.05, 0.1) is 30.9 Å². The van der Waals surface area contributed by atoms with Gasteiger partial charge in [-0.3, -0.25) is 4.90 Å². The Hall–Kier alpha value is -1.99. The first-order valence-electron chi connectivity index (χ1n) is 7.94. The second kappa shape index (κ2) is 7.06. The molecule has 1 aliphatic heterocycles. The predicted molar refractivity (Wildman–Crippen MR) is 84.0 cm³/mol. The molecular formula is C16H22N4O3. The Bertz CT molecular complexity index is 636. The molecule has 1 saturated heterocycles. The number of morpholine rings is 1. The Morgan fingerprint density at radius 3 is 2.83 bits per heavy atom. The van der Waals surface area contributed by atoms with Crippen LogP contribution in [-0.4, -0.2) is 51.9 Å². The summed E-state index contributed by atoms with van der Waals surface area (Å²) in [7, 11) is 0. The first-order chi connectivity index (χ1) is 11.2. The van der Waals surface area contributed by atoms with Crippen LogP contribution in [0.5, 0.6) is 5.88 Å². The zero-order valence-electron chi connectivity index (χ0n) is 13.7. The number of ether oxygens (including phenoxy) is 2. The zero-order valence-corrected chi connectivity index (χ0v) is 13.7. The molecule has 0 unspecified atom stereocenters. The molecule has 2 aromatic rings. The van der Waals surface area contributed by atoms with E-state index in [1.54, 1.807) is 6.20 Å². The molecule has 0 bridgehead atoms. The molecule has 0 N–H and O–H groups in total. The van der Waals surface area contributed by atoms with Crippen molar-refractivity contribution in [3.63, 3.8) is 0 Å². The minimum Gasteiger partial charge on any atom is -0.477 e. The molecule has 1 aliphatic rings. The smallest absolute Gasteiger partial charge is 0.241 e. The highest BCUT2D eigenvalue weighted by Crippen LogP contribution is 2.25. The predicted octanol–water partition coefficient (Wildman–Crippen LogP) is 2.14. The minimum atomic E-state index is 0.212. The molecule has 3 heterocycles. The Morgan fingerprint density at radius 2 is 2.09 bits per heavy atom. The number of nitrogens with zero attached hydrogens (tertiary/aromatic N) is 4. The molecule has 7 heteroatoms. The summed E-state index contributed by atoms with van der Waals surface area (Å²) in [5, 5.41) is 4.07. The van der Waals surface area contributed by atoms with Crippen molar-refractivity contribution < 1.29 is 14.0 Å². The van der Waals surface area contributed by atoms with E-state index in [0.29, 0.717) is 30.7 Å². The highest BCUT2D eigenvalue weighted by Gasteiger charge is 2.24. The van der Waals surface area contributed by atoms with Gasteiger partial charge in [0.1, 0.15) is 0 Å². The lowest BCUT2D eigenvalue weighted by Gasteiger charge is -2.34. The second-order valence-corrected chi connectivity index (χ2v) is 5.75. The van der Waals surface area contributed by atoms with Crippen LogP contribution in [0.15, 0.2) is 22.9 Å². The van der Waals surface area contributed by atoms with Crippen molar-refractivity contribution in [3.05, 3.63) is 24.2 Å². The van der Waals surface area contributed by atoms with Crippen molar-refractivity contribution in [2.45, 2.75) is 39.5 Å². The lowest BCUT2D eigenvalue weighted by Crippen LogP contribution is -2.44. The van der Waals surface area contributed by atoms with Gasteiger partial charge in [0.15, 0.2) is 0 Å². The van der Waals surface area contributed by atoms with Crippen molar-refractivity contribution in [2.24, 2.45) is 0 Å². The molecule has 0 radical (unpaired) electrons. The van der Waals surface area contributed by atoms with E-state index < -0.39 is 0 Å². The molecule has 0 aromatic carbocycles. The summed E-state index contributed by atoms with van der Waals surface area (Å²) < 4.78 is 16.7. The van der Waals surface area contributed by atoms with Gasteiger partial charge in [0.2, 0.25) is 17.6 Å². The van der Waals surface area contributed by atoms with Gasteiger partial charge in [0, 0.05) is 19.3 Å². The molecule has 0 spiro atoms. The molecule has 0 amide bonds. The fourth-order valence-electron chi connectivity index (χ4n) is 2.85. The van der Waals surface area contributed by atoms with E-state index in [0.717, 1.165) is 18.7 Å². The summed E-state index contributed by atoms with van der Waals surface area (Å²) >= 11 is 0. The van der Waals surface area contributed by atoms with Crippen molar-refractivity contribution in [1.29, 1.82) is 0 Å². The summed E-state index contributed by atoms with van der Waals surface area (Å²) in [6.45, 7) is 8.95. The normalized spacial score (nSPS) is 22.2. The largest absolute Gasteiger partial charge is 0.477 e. The molecule has 7 nitrogen and oxygen atoms in total. The monoisotopic (exact) mass is 318 g/mol. The van der Waals surface area contributed by atoms with Crippen LogP contribution in [0.4, 0.5) is 0 Å². The molecule has 23 heavy (non-hydrogen) atoms. The SMILES string of the molecule is CCOc1ncccc1-c1noc(CN2C[C@@H](C)O[C@H](C)C2)n1. The van der Waals surface area contributed by atoms with Gasteiger partial charge in [0.25, 0.3) is 0 Å². The Balaban J connectivity index is 1.73. The van der Waals surface area contributed by atoms with Crippen molar-refractivity contribution in [2.75, 3.05) is 19.7 Å². The molecule has 2 atom stereocenters. The summed E-state index contributed by atoms with van der Waals surface area (Å²) in [6, 6.07) is 3.71. The lowest BCUT2D eigenvalue weighted by molar-refractivity contribution is -0.0725. The molecule has 124 valence electrons. The molecule has 0 saturated carbocycles. The fraction of sp³-hybridized carbons (Fsp3) is 0.562. The average molecular weight is 318 g/mol. The van der Waals surface area contributed by atoms with E-state index in [-0.39, 0.29) is 12.2 Å². The van der Waals surface area contributed by atoms with E-state index >= 15 is 0 Å². The standard InChI is InChI=1S/C16H22N4O3/c1-4-21-16-13(6-5-7-17-16)15-18-14(23-19-15)10-20-8-11(2)22-12(3)9-20/h5-7,11-12H,4,8-10H2,1-3H3/t11-,12-/m1/s1. The lowest BCUT2D eigenvalue weighted by atomic mass is 10.2. The molecule has 1 fully saturated rings. The number of aromatic nitrogens is 3. The van der Waals surface area contributed by atoms with Gasteiger partial charge < -0.3 is 14.0 Å². The minimum absolute atomic E-state index is 0.212. The number of hydrogen-bond donors (Lipinski definition) is 0.